The van der Waals surface area contributed by atoms with E-state index in [1.165, 1.54) is 0 Å². The van der Waals surface area contributed by atoms with Gasteiger partial charge in [-0.05, 0) is 32.2 Å². The van der Waals surface area contributed by atoms with Crippen LogP contribution in [0.2, 0.25) is 0 Å². The fourth-order valence-corrected chi connectivity index (χ4v) is 4.42. The molecular weight excluding hydrogens is 226 g/mol. The maximum Gasteiger partial charge on any atom is 0.156 e. The zero-order valence-electron chi connectivity index (χ0n) is 9.65. The van der Waals surface area contributed by atoms with Crippen LogP contribution in [0.1, 0.15) is 32.1 Å². The molecule has 0 aromatic rings. The zero-order chi connectivity index (χ0) is 11.4. The topological polar surface area (TPSA) is 55.4 Å². The Bertz CT molecular complexity index is 301. The van der Waals surface area contributed by atoms with Gasteiger partial charge in [-0.25, -0.2) is 8.42 Å². The Labute approximate surface area is 97.7 Å². The molecule has 0 bridgehead atoms. The second-order valence-electron chi connectivity index (χ2n) is 4.79. The highest BCUT2D eigenvalue weighted by atomic mass is 32.2. The Balaban J connectivity index is 1.93. The Kier molecular flexibility index (Phi) is 4.21. The van der Waals surface area contributed by atoms with Gasteiger partial charge in [0.15, 0.2) is 9.84 Å². The van der Waals surface area contributed by atoms with Crippen LogP contribution in [0, 0.1) is 0 Å². The Morgan fingerprint density at radius 3 is 2.81 bits per heavy atom. The molecule has 2 saturated heterocycles. The molecule has 2 heterocycles. The molecule has 0 amide bonds. The van der Waals surface area contributed by atoms with Crippen LogP contribution in [0.5, 0.6) is 0 Å². The van der Waals surface area contributed by atoms with E-state index in [0.717, 1.165) is 45.3 Å². The van der Waals surface area contributed by atoms with Crippen LogP contribution < -0.4 is 5.32 Å². The fourth-order valence-electron chi connectivity index (χ4n) is 2.46. The van der Waals surface area contributed by atoms with Crippen LogP contribution in [0.4, 0.5) is 0 Å². The van der Waals surface area contributed by atoms with E-state index in [4.69, 9.17) is 4.74 Å². The second kappa shape index (κ2) is 5.47. The number of sulfone groups is 1. The van der Waals surface area contributed by atoms with Gasteiger partial charge in [-0.2, -0.15) is 0 Å². The van der Waals surface area contributed by atoms with Crippen molar-refractivity contribution in [2.75, 3.05) is 25.4 Å². The monoisotopic (exact) mass is 247 g/mol. The number of hydrogen-bond acceptors (Lipinski definition) is 4. The van der Waals surface area contributed by atoms with Crippen molar-refractivity contribution in [3.63, 3.8) is 0 Å². The third-order valence-corrected chi connectivity index (χ3v) is 5.71. The third kappa shape index (κ3) is 3.18. The molecule has 2 unspecified atom stereocenters. The molecule has 0 aromatic carbocycles. The maximum absolute atomic E-state index is 12.2. The lowest BCUT2D eigenvalue weighted by Gasteiger charge is -2.17. The average Bonchev–Trinajstić information content (AvgIpc) is 2.56. The van der Waals surface area contributed by atoms with Crippen molar-refractivity contribution in [2.45, 2.75) is 43.5 Å². The summed E-state index contributed by atoms with van der Waals surface area (Å²) in [6.45, 7) is 2.30. The Morgan fingerprint density at radius 1 is 1.19 bits per heavy atom. The first kappa shape index (κ1) is 12.3. The molecule has 2 atom stereocenters. The van der Waals surface area contributed by atoms with Crippen LogP contribution in [0.25, 0.3) is 0 Å². The summed E-state index contributed by atoms with van der Waals surface area (Å²) in [6, 6.07) is 0. The maximum atomic E-state index is 12.2. The molecular formula is C11H21NO3S. The van der Waals surface area contributed by atoms with Gasteiger partial charge in [-0.15, -0.1) is 0 Å². The summed E-state index contributed by atoms with van der Waals surface area (Å²) < 4.78 is 29.8. The lowest BCUT2D eigenvalue weighted by molar-refractivity contribution is 0.127. The van der Waals surface area contributed by atoms with Gasteiger partial charge in [0.25, 0.3) is 0 Å². The molecule has 0 radical (unpaired) electrons. The third-order valence-electron chi connectivity index (χ3n) is 3.45. The molecule has 5 heteroatoms. The lowest BCUT2D eigenvalue weighted by Crippen LogP contribution is -2.36. The summed E-state index contributed by atoms with van der Waals surface area (Å²) in [5.41, 5.74) is 0. The number of ether oxygens (including phenoxy) is 1. The van der Waals surface area contributed by atoms with Crippen molar-refractivity contribution in [3.05, 3.63) is 0 Å². The lowest BCUT2D eigenvalue weighted by atomic mass is 10.2. The van der Waals surface area contributed by atoms with Gasteiger partial charge in [0.05, 0.1) is 17.1 Å². The number of nitrogens with one attached hydrogen (secondary N) is 1. The molecule has 0 aliphatic carbocycles. The van der Waals surface area contributed by atoms with E-state index in [2.05, 4.69) is 5.32 Å². The van der Waals surface area contributed by atoms with Gasteiger partial charge in [0.2, 0.25) is 0 Å². The van der Waals surface area contributed by atoms with E-state index in [1.807, 2.05) is 0 Å². The van der Waals surface area contributed by atoms with E-state index >= 15 is 0 Å². The SMILES string of the molecule is O=S(=O)(CC1CCCO1)C1CCCCNC1. The van der Waals surface area contributed by atoms with Gasteiger partial charge in [-0.3, -0.25) is 0 Å². The molecule has 2 aliphatic rings. The fraction of sp³-hybridized carbons (Fsp3) is 1.00. The van der Waals surface area contributed by atoms with Gasteiger partial charge in [0.1, 0.15) is 0 Å². The highest BCUT2D eigenvalue weighted by Gasteiger charge is 2.30. The molecule has 16 heavy (non-hydrogen) atoms. The molecule has 2 aliphatic heterocycles. The van der Waals surface area contributed by atoms with Crippen LogP contribution >= 0.6 is 0 Å². The van der Waals surface area contributed by atoms with Crippen LogP contribution in [0.15, 0.2) is 0 Å². The molecule has 0 aromatic heterocycles. The predicted molar refractivity (Wildman–Crippen MR) is 63.3 cm³/mol. The van der Waals surface area contributed by atoms with Crippen LogP contribution in [0.3, 0.4) is 0 Å². The van der Waals surface area contributed by atoms with Gasteiger partial charge in [-0.1, -0.05) is 6.42 Å². The van der Waals surface area contributed by atoms with Crippen molar-refractivity contribution >= 4 is 9.84 Å². The van der Waals surface area contributed by atoms with Gasteiger partial charge >= 0.3 is 0 Å². The van der Waals surface area contributed by atoms with E-state index in [-0.39, 0.29) is 17.1 Å². The van der Waals surface area contributed by atoms with E-state index in [0.29, 0.717) is 6.54 Å². The Morgan fingerprint density at radius 2 is 2.06 bits per heavy atom. The molecule has 0 spiro atoms. The minimum absolute atomic E-state index is 0.0479. The summed E-state index contributed by atoms with van der Waals surface area (Å²) >= 11 is 0. The van der Waals surface area contributed by atoms with Crippen LogP contribution in [-0.2, 0) is 14.6 Å². The molecule has 2 fully saturated rings. The summed E-state index contributed by atoms with van der Waals surface area (Å²) in [6.07, 6.45) is 4.77. The first-order valence-corrected chi connectivity index (χ1v) is 7.94. The predicted octanol–water partition coefficient (Wildman–Crippen LogP) is 0.722. The normalized spacial score (nSPS) is 32.5. The molecule has 4 nitrogen and oxygen atoms in total. The molecule has 94 valence electrons. The summed E-state index contributed by atoms with van der Waals surface area (Å²) in [5, 5.41) is 3.01. The number of rotatable bonds is 3. The van der Waals surface area contributed by atoms with E-state index in [1.54, 1.807) is 0 Å². The Hall–Kier alpha value is -0.130. The second-order valence-corrected chi connectivity index (χ2v) is 7.11. The van der Waals surface area contributed by atoms with Gasteiger partial charge in [0, 0.05) is 13.2 Å². The molecule has 1 N–H and O–H groups in total. The highest BCUT2D eigenvalue weighted by Crippen LogP contribution is 2.19. The van der Waals surface area contributed by atoms with Crippen molar-refractivity contribution in [1.29, 1.82) is 0 Å². The van der Waals surface area contributed by atoms with Gasteiger partial charge < -0.3 is 10.1 Å². The minimum atomic E-state index is -2.98. The van der Waals surface area contributed by atoms with Crippen LogP contribution in [-0.4, -0.2) is 45.2 Å². The van der Waals surface area contributed by atoms with Crippen molar-refractivity contribution in [3.8, 4) is 0 Å². The smallest absolute Gasteiger partial charge is 0.156 e. The quantitative estimate of drug-likeness (QED) is 0.798. The average molecular weight is 247 g/mol. The summed E-state index contributed by atoms with van der Waals surface area (Å²) in [5.74, 6) is 0.222. The summed E-state index contributed by atoms with van der Waals surface area (Å²) in [4.78, 5) is 0. The van der Waals surface area contributed by atoms with E-state index in [9.17, 15) is 8.42 Å². The zero-order valence-corrected chi connectivity index (χ0v) is 10.5. The standard InChI is InChI=1S/C11H21NO3S/c13-16(14,9-10-4-3-7-15-10)11-5-1-2-6-12-8-11/h10-12H,1-9H2. The molecule has 0 saturated carbocycles. The van der Waals surface area contributed by atoms with E-state index < -0.39 is 9.84 Å². The highest BCUT2D eigenvalue weighted by molar-refractivity contribution is 7.92. The summed E-state index contributed by atoms with van der Waals surface area (Å²) in [7, 11) is -2.98. The first-order valence-electron chi connectivity index (χ1n) is 6.22. The van der Waals surface area contributed by atoms with Crippen molar-refractivity contribution < 1.29 is 13.2 Å². The van der Waals surface area contributed by atoms with Crippen molar-refractivity contribution in [1.82, 2.24) is 5.32 Å². The minimum Gasteiger partial charge on any atom is -0.377 e. The molecule has 2 rings (SSSR count). The largest absolute Gasteiger partial charge is 0.377 e. The van der Waals surface area contributed by atoms with Crippen molar-refractivity contribution in [2.24, 2.45) is 0 Å². The first-order chi connectivity index (χ1) is 7.68. The number of hydrogen-bond donors (Lipinski definition) is 1.